The normalized spacial score (nSPS) is 12.5. The molecule has 0 rings (SSSR count). The van der Waals surface area contributed by atoms with Gasteiger partial charge in [0, 0.05) is 12.8 Å². The zero-order chi connectivity index (χ0) is 35.2. The number of aliphatic carboxylic acids is 1. The van der Waals surface area contributed by atoms with Gasteiger partial charge in [-0.15, -0.1) is 0 Å². The van der Waals surface area contributed by atoms with Crippen molar-refractivity contribution in [2.75, 3.05) is 6.54 Å². The zero-order valence-corrected chi connectivity index (χ0v) is 31.1. The topological polar surface area (TPSA) is 92.7 Å². The molecule has 1 unspecified atom stereocenters. The third-order valence-electron chi connectivity index (χ3n) is 8.53. The SMILES string of the molecule is CC/C=C\C/C=C\C/C=C\C/C=C\CCC(=O)OC(CCCCCCCCCCCCCCC)CCCCCCCC(=O)NCC(=O)O. The van der Waals surface area contributed by atoms with Gasteiger partial charge in [0.05, 0.1) is 0 Å². The maximum Gasteiger partial charge on any atom is 0.322 e. The molecule has 1 amide bonds. The van der Waals surface area contributed by atoms with Crippen LogP contribution in [0.3, 0.4) is 0 Å². The number of allylic oxidation sites excluding steroid dienone is 8. The Balaban J connectivity index is 4.30. The van der Waals surface area contributed by atoms with Gasteiger partial charge in [0.25, 0.3) is 0 Å². The largest absolute Gasteiger partial charge is 0.480 e. The Bertz CT molecular complexity index is 875. The van der Waals surface area contributed by atoms with Crippen molar-refractivity contribution in [3.8, 4) is 0 Å². The molecule has 0 aromatic rings. The van der Waals surface area contributed by atoms with Crippen LogP contribution in [0.25, 0.3) is 0 Å². The van der Waals surface area contributed by atoms with E-state index >= 15 is 0 Å². The van der Waals surface area contributed by atoms with Crippen LogP contribution in [0.5, 0.6) is 0 Å². The van der Waals surface area contributed by atoms with E-state index in [0.29, 0.717) is 19.3 Å². The van der Waals surface area contributed by atoms with Crippen molar-refractivity contribution in [3.05, 3.63) is 48.6 Å². The molecule has 6 nitrogen and oxygen atoms in total. The highest BCUT2D eigenvalue weighted by atomic mass is 16.5. The zero-order valence-electron chi connectivity index (χ0n) is 31.1. The Labute approximate surface area is 295 Å². The predicted molar refractivity (Wildman–Crippen MR) is 203 cm³/mol. The quantitative estimate of drug-likeness (QED) is 0.0397. The number of ether oxygens (including phenoxy) is 1. The minimum atomic E-state index is -1.02. The molecule has 0 bridgehead atoms. The molecule has 0 fully saturated rings. The summed E-state index contributed by atoms with van der Waals surface area (Å²) in [7, 11) is 0. The number of carbonyl (C=O) groups excluding carboxylic acids is 2. The molecule has 48 heavy (non-hydrogen) atoms. The third kappa shape index (κ3) is 36.2. The number of esters is 1. The van der Waals surface area contributed by atoms with E-state index in [1.807, 2.05) is 0 Å². The summed E-state index contributed by atoms with van der Waals surface area (Å²) in [6, 6.07) is 0. The van der Waals surface area contributed by atoms with E-state index in [9.17, 15) is 14.4 Å². The second-order valence-electron chi connectivity index (χ2n) is 13.2. The second-order valence-corrected chi connectivity index (χ2v) is 13.2. The molecule has 0 saturated carbocycles. The van der Waals surface area contributed by atoms with Gasteiger partial charge in [-0.25, -0.2) is 0 Å². The summed E-state index contributed by atoms with van der Waals surface area (Å²) < 4.78 is 5.97. The molecule has 6 heteroatoms. The van der Waals surface area contributed by atoms with Gasteiger partial charge >= 0.3 is 11.9 Å². The average Bonchev–Trinajstić information content (AvgIpc) is 3.07. The number of carboxylic acids is 1. The molecule has 1 atom stereocenters. The predicted octanol–water partition coefficient (Wildman–Crippen LogP) is 11.9. The first-order valence-corrected chi connectivity index (χ1v) is 19.8. The average molecular weight is 672 g/mol. The van der Waals surface area contributed by atoms with Crippen LogP contribution in [0.15, 0.2) is 48.6 Å². The third-order valence-corrected chi connectivity index (χ3v) is 8.53. The molecular weight excluding hydrogens is 598 g/mol. The van der Waals surface area contributed by atoms with Crippen LogP contribution >= 0.6 is 0 Å². The Kier molecular flexibility index (Phi) is 35.2. The number of carbonyl (C=O) groups is 3. The minimum Gasteiger partial charge on any atom is -0.480 e. The fourth-order valence-electron chi connectivity index (χ4n) is 5.65. The molecule has 0 aliphatic rings. The van der Waals surface area contributed by atoms with Crippen LogP contribution in [0, 0.1) is 0 Å². The molecule has 0 aliphatic heterocycles. The van der Waals surface area contributed by atoms with E-state index in [2.05, 4.69) is 67.8 Å². The van der Waals surface area contributed by atoms with Crippen molar-refractivity contribution >= 4 is 17.8 Å². The molecule has 0 heterocycles. The van der Waals surface area contributed by atoms with Crippen LogP contribution in [-0.4, -0.2) is 35.6 Å². The lowest BCUT2D eigenvalue weighted by Crippen LogP contribution is -2.28. The molecule has 0 spiro atoms. The van der Waals surface area contributed by atoms with E-state index in [1.54, 1.807) is 0 Å². The second kappa shape index (κ2) is 37.2. The van der Waals surface area contributed by atoms with Gasteiger partial charge in [-0.05, 0) is 64.2 Å². The summed E-state index contributed by atoms with van der Waals surface area (Å²) in [6.45, 7) is 4.10. The van der Waals surface area contributed by atoms with Crippen molar-refractivity contribution in [1.82, 2.24) is 5.32 Å². The summed E-state index contributed by atoms with van der Waals surface area (Å²) in [5.74, 6) is -1.32. The standard InChI is InChI=1S/C42H73NO5/c1-3-5-7-9-11-13-15-17-19-21-23-26-30-34-39(35-31-27-25-28-32-36-40(44)43-38-41(45)46)48-42(47)37-33-29-24-22-20-18-16-14-12-10-8-6-4-2/h6,8,12,14,18,20,24,29,39H,3-5,7,9-11,13,15-17,19,21-23,25-28,30-38H2,1-2H3,(H,43,44)(H,45,46)/b8-6-,14-12-,20-18-,29-24-. The van der Waals surface area contributed by atoms with Gasteiger partial charge in [0.2, 0.25) is 5.91 Å². The summed E-state index contributed by atoms with van der Waals surface area (Å²) >= 11 is 0. The van der Waals surface area contributed by atoms with Crippen molar-refractivity contribution in [2.24, 2.45) is 0 Å². The van der Waals surface area contributed by atoms with Crippen molar-refractivity contribution in [1.29, 1.82) is 0 Å². The number of carboxylic acid groups (broad SMARTS) is 1. The minimum absolute atomic E-state index is 0.00978. The lowest BCUT2D eigenvalue weighted by molar-refractivity contribution is -0.149. The monoisotopic (exact) mass is 672 g/mol. The highest BCUT2D eigenvalue weighted by Crippen LogP contribution is 2.18. The number of hydrogen-bond acceptors (Lipinski definition) is 4. The van der Waals surface area contributed by atoms with E-state index in [0.717, 1.165) is 77.0 Å². The van der Waals surface area contributed by atoms with Gasteiger partial charge < -0.3 is 15.2 Å². The summed E-state index contributed by atoms with van der Waals surface area (Å²) in [4.78, 5) is 34.9. The fourth-order valence-corrected chi connectivity index (χ4v) is 5.65. The van der Waals surface area contributed by atoms with Crippen LogP contribution in [0.1, 0.15) is 187 Å². The molecule has 0 aromatic heterocycles. The number of hydrogen-bond donors (Lipinski definition) is 2. The van der Waals surface area contributed by atoms with E-state index in [4.69, 9.17) is 9.84 Å². The number of nitrogens with one attached hydrogen (secondary N) is 1. The van der Waals surface area contributed by atoms with Crippen molar-refractivity contribution in [3.63, 3.8) is 0 Å². The molecular formula is C42H73NO5. The lowest BCUT2D eigenvalue weighted by Gasteiger charge is -2.18. The molecule has 0 radical (unpaired) electrons. The first kappa shape index (κ1) is 45.4. The fraction of sp³-hybridized carbons (Fsp3) is 0.738. The molecule has 276 valence electrons. The van der Waals surface area contributed by atoms with Crippen molar-refractivity contribution < 1.29 is 24.2 Å². The Hall–Kier alpha value is -2.63. The van der Waals surface area contributed by atoms with Crippen LogP contribution < -0.4 is 5.32 Å². The van der Waals surface area contributed by atoms with E-state index < -0.39 is 5.97 Å². The summed E-state index contributed by atoms with van der Waals surface area (Å²) in [6.07, 6.45) is 46.6. The van der Waals surface area contributed by atoms with E-state index in [1.165, 1.54) is 77.0 Å². The number of rotatable bonds is 35. The van der Waals surface area contributed by atoms with Gasteiger partial charge in [-0.2, -0.15) is 0 Å². The molecule has 0 aromatic carbocycles. The number of unbranched alkanes of at least 4 members (excludes halogenated alkanes) is 16. The molecule has 0 saturated heterocycles. The Morgan fingerprint density at radius 1 is 0.562 bits per heavy atom. The summed E-state index contributed by atoms with van der Waals surface area (Å²) in [5.41, 5.74) is 0. The van der Waals surface area contributed by atoms with Crippen LogP contribution in [-0.2, 0) is 19.1 Å². The highest BCUT2D eigenvalue weighted by molar-refractivity contribution is 5.80. The highest BCUT2D eigenvalue weighted by Gasteiger charge is 2.14. The molecule has 2 N–H and O–H groups in total. The van der Waals surface area contributed by atoms with Gasteiger partial charge in [0.1, 0.15) is 12.6 Å². The van der Waals surface area contributed by atoms with Crippen LogP contribution in [0.4, 0.5) is 0 Å². The van der Waals surface area contributed by atoms with Gasteiger partial charge in [-0.1, -0.05) is 159 Å². The smallest absolute Gasteiger partial charge is 0.322 e. The lowest BCUT2D eigenvalue weighted by atomic mass is 10.0. The Morgan fingerprint density at radius 3 is 1.48 bits per heavy atom. The molecule has 0 aliphatic carbocycles. The number of amides is 1. The van der Waals surface area contributed by atoms with Crippen molar-refractivity contribution in [2.45, 2.75) is 193 Å². The maximum absolute atomic E-state index is 12.7. The van der Waals surface area contributed by atoms with Gasteiger partial charge in [0.15, 0.2) is 0 Å². The van der Waals surface area contributed by atoms with E-state index in [-0.39, 0.29) is 24.5 Å². The first-order valence-electron chi connectivity index (χ1n) is 19.8. The van der Waals surface area contributed by atoms with Crippen LogP contribution in [0.2, 0.25) is 0 Å². The Morgan fingerprint density at radius 2 is 1.00 bits per heavy atom. The maximum atomic E-state index is 12.7. The summed E-state index contributed by atoms with van der Waals surface area (Å²) in [5, 5.41) is 11.1. The van der Waals surface area contributed by atoms with Gasteiger partial charge in [-0.3, -0.25) is 14.4 Å². The first-order chi connectivity index (χ1) is 23.5.